The van der Waals surface area contributed by atoms with Crippen LogP contribution < -0.4 is 20.8 Å². The lowest BCUT2D eigenvalue weighted by atomic mass is 10.3. The van der Waals surface area contributed by atoms with E-state index in [4.69, 9.17) is 15.2 Å². The summed E-state index contributed by atoms with van der Waals surface area (Å²) in [6, 6.07) is 7.00. The van der Waals surface area contributed by atoms with Crippen LogP contribution in [0.4, 0.5) is 5.95 Å². The Bertz CT molecular complexity index is 580. The predicted molar refractivity (Wildman–Crippen MR) is 62.3 cm³/mol. The average molecular weight is 233 g/mol. The topological polar surface area (TPSA) is 90.2 Å². The van der Waals surface area contributed by atoms with Gasteiger partial charge in [0.2, 0.25) is 5.75 Å². The third-order valence-electron chi connectivity index (χ3n) is 2.08. The smallest absolute Gasteiger partial charge is 0.295 e. The first-order valence-electron chi connectivity index (χ1n) is 4.86. The summed E-state index contributed by atoms with van der Waals surface area (Å²) in [7, 11) is 1.52. The molecule has 0 fully saturated rings. The zero-order valence-electron chi connectivity index (χ0n) is 9.14. The van der Waals surface area contributed by atoms with Crippen LogP contribution in [0.5, 0.6) is 17.2 Å². The molecule has 6 heteroatoms. The summed E-state index contributed by atoms with van der Waals surface area (Å²) in [6.07, 6.45) is 1.26. The molecule has 1 aromatic carbocycles. The van der Waals surface area contributed by atoms with Crippen LogP contribution >= 0.6 is 0 Å². The number of H-pyrrole nitrogens is 1. The molecule has 3 N–H and O–H groups in total. The fourth-order valence-corrected chi connectivity index (χ4v) is 1.29. The highest BCUT2D eigenvalue weighted by molar-refractivity contribution is 5.42. The molecule has 2 aromatic rings. The van der Waals surface area contributed by atoms with Crippen molar-refractivity contribution in [3.8, 4) is 17.2 Å². The van der Waals surface area contributed by atoms with Gasteiger partial charge < -0.3 is 15.2 Å². The minimum Gasteiger partial charge on any atom is -0.493 e. The molecular weight excluding hydrogens is 222 g/mol. The Morgan fingerprint density at radius 2 is 1.94 bits per heavy atom. The molecule has 17 heavy (non-hydrogen) atoms. The van der Waals surface area contributed by atoms with Gasteiger partial charge in [-0.2, -0.15) is 0 Å². The number of hydrogen-bond donors (Lipinski definition) is 2. The molecule has 1 heterocycles. The minimum atomic E-state index is -0.441. The first-order chi connectivity index (χ1) is 8.20. The average Bonchev–Trinajstić information content (AvgIpc) is 2.33. The second-order valence-corrected chi connectivity index (χ2v) is 3.21. The van der Waals surface area contributed by atoms with Crippen LogP contribution in [0.25, 0.3) is 0 Å². The van der Waals surface area contributed by atoms with Crippen molar-refractivity contribution in [2.24, 2.45) is 0 Å². The summed E-state index contributed by atoms with van der Waals surface area (Å²) in [6.45, 7) is 0. The lowest BCUT2D eigenvalue weighted by Gasteiger charge is -2.08. The maximum Gasteiger partial charge on any atom is 0.295 e. The molecule has 0 unspecified atom stereocenters. The molecule has 0 aliphatic carbocycles. The number of aromatic amines is 1. The zero-order valence-corrected chi connectivity index (χ0v) is 9.14. The van der Waals surface area contributed by atoms with Gasteiger partial charge >= 0.3 is 0 Å². The highest BCUT2D eigenvalue weighted by Gasteiger charge is 2.07. The van der Waals surface area contributed by atoms with Crippen LogP contribution in [0.15, 0.2) is 35.3 Å². The molecule has 0 spiro atoms. The number of nitrogens with zero attached hydrogens (tertiary/aromatic N) is 1. The highest BCUT2D eigenvalue weighted by atomic mass is 16.5. The molecule has 0 atom stereocenters. The van der Waals surface area contributed by atoms with Gasteiger partial charge in [-0.15, -0.1) is 0 Å². The van der Waals surface area contributed by atoms with E-state index >= 15 is 0 Å². The Balaban J connectivity index is 2.35. The summed E-state index contributed by atoms with van der Waals surface area (Å²) in [5, 5.41) is 0. The van der Waals surface area contributed by atoms with Crippen molar-refractivity contribution in [3.63, 3.8) is 0 Å². The van der Waals surface area contributed by atoms with E-state index in [1.807, 2.05) is 0 Å². The minimum absolute atomic E-state index is 0.0439. The van der Waals surface area contributed by atoms with E-state index in [0.717, 1.165) is 0 Å². The van der Waals surface area contributed by atoms with Crippen LogP contribution in [0, 0.1) is 0 Å². The maximum atomic E-state index is 11.5. The fourth-order valence-electron chi connectivity index (χ4n) is 1.29. The van der Waals surface area contributed by atoms with Crippen molar-refractivity contribution < 1.29 is 9.47 Å². The van der Waals surface area contributed by atoms with E-state index in [1.165, 1.54) is 13.3 Å². The first kappa shape index (κ1) is 11.0. The van der Waals surface area contributed by atoms with Gasteiger partial charge in [0.05, 0.1) is 13.3 Å². The van der Waals surface area contributed by atoms with E-state index < -0.39 is 5.56 Å². The van der Waals surface area contributed by atoms with Crippen molar-refractivity contribution in [1.82, 2.24) is 9.97 Å². The summed E-state index contributed by atoms with van der Waals surface area (Å²) in [4.78, 5) is 17.6. The molecule has 6 nitrogen and oxygen atoms in total. The Morgan fingerprint density at radius 1 is 1.24 bits per heavy atom. The summed E-state index contributed by atoms with van der Waals surface area (Å²) in [5.74, 6) is 1.07. The third-order valence-corrected chi connectivity index (χ3v) is 2.08. The molecule has 0 saturated carbocycles. The highest BCUT2D eigenvalue weighted by Crippen LogP contribution is 2.28. The van der Waals surface area contributed by atoms with Crippen molar-refractivity contribution in [3.05, 3.63) is 40.8 Å². The van der Waals surface area contributed by atoms with Crippen LogP contribution in [0.1, 0.15) is 0 Å². The monoisotopic (exact) mass is 233 g/mol. The van der Waals surface area contributed by atoms with Crippen molar-refractivity contribution in [2.45, 2.75) is 0 Å². The number of benzene rings is 1. The van der Waals surface area contributed by atoms with Gasteiger partial charge in [-0.3, -0.25) is 9.78 Å². The number of nitrogens with one attached hydrogen (secondary N) is 1. The van der Waals surface area contributed by atoms with E-state index in [1.54, 1.807) is 24.3 Å². The maximum absolute atomic E-state index is 11.5. The fraction of sp³-hybridized carbons (Fsp3) is 0.0909. The van der Waals surface area contributed by atoms with Crippen molar-refractivity contribution in [2.75, 3.05) is 12.8 Å². The Kier molecular flexibility index (Phi) is 2.95. The normalized spacial score (nSPS) is 9.94. The van der Waals surface area contributed by atoms with E-state index in [9.17, 15) is 4.79 Å². The number of rotatable bonds is 3. The van der Waals surface area contributed by atoms with Gasteiger partial charge in [0, 0.05) is 0 Å². The van der Waals surface area contributed by atoms with Gasteiger partial charge in [0.25, 0.3) is 5.56 Å². The second-order valence-electron chi connectivity index (χ2n) is 3.21. The van der Waals surface area contributed by atoms with Crippen molar-refractivity contribution in [1.29, 1.82) is 0 Å². The van der Waals surface area contributed by atoms with Gasteiger partial charge in [-0.1, -0.05) is 12.1 Å². The first-order valence-corrected chi connectivity index (χ1v) is 4.86. The molecule has 0 amide bonds. The van der Waals surface area contributed by atoms with E-state index in [-0.39, 0.29) is 11.7 Å². The zero-order chi connectivity index (χ0) is 12.3. The summed E-state index contributed by atoms with van der Waals surface area (Å²) < 4.78 is 10.5. The number of methoxy groups -OCH3 is 1. The molecule has 0 bridgehead atoms. The molecule has 0 aliphatic heterocycles. The number of ether oxygens (including phenoxy) is 2. The van der Waals surface area contributed by atoms with Gasteiger partial charge in [-0.05, 0) is 12.1 Å². The van der Waals surface area contributed by atoms with Gasteiger partial charge in [0.15, 0.2) is 17.4 Å². The number of hydrogen-bond acceptors (Lipinski definition) is 5. The number of anilines is 1. The van der Waals surface area contributed by atoms with Crippen LogP contribution in [-0.2, 0) is 0 Å². The van der Waals surface area contributed by atoms with E-state index in [0.29, 0.717) is 11.5 Å². The molecular formula is C11H11N3O3. The Labute approximate surface area is 97.0 Å². The van der Waals surface area contributed by atoms with Gasteiger partial charge in [0.1, 0.15) is 0 Å². The number of nitrogens with two attached hydrogens (primary N) is 1. The lowest BCUT2D eigenvalue weighted by Crippen LogP contribution is -2.12. The molecule has 1 aromatic heterocycles. The van der Waals surface area contributed by atoms with Crippen LogP contribution in [0.3, 0.4) is 0 Å². The number of aromatic nitrogens is 2. The standard InChI is InChI=1S/C11H11N3O3/c1-16-7-4-2-3-5-8(7)17-9-6-13-11(12)14-10(9)15/h2-6H,1H3,(H3,12,13,14,15). The molecule has 0 saturated heterocycles. The second kappa shape index (κ2) is 4.56. The SMILES string of the molecule is COc1ccccc1Oc1cnc(N)[nH]c1=O. The summed E-state index contributed by atoms with van der Waals surface area (Å²) >= 11 is 0. The molecule has 2 rings (SSSR count). The van der Waals surface area contributed by atoms with Crippen LogP contribution in [-0.4, -0.2) is 17.1 Å². The Hall–Kier alpha value is -2.50. The predicted octanol–water partition coefficient (Wildman–Crippen LogP) is 1.15. The Morgan fingerprint density at radius 3 is 2.59 bits per heavy atom. The van der Waals surface area contributed by atoms with E-state index in [2.05, 4.69) is 9.97 Å². The molecule has 0 aliphatic rings. The number of nitrogen functional groups attached to an aromatic ring is 1. The van der Waals surface area contributed by atoms with Crippen molar-refractivity contribution >= 4 is 5.95 Å². The molecule has 88 valence electrons. The third kappa shape index (κ3) is 2.36. The quantitative estimate of drug-likeness (QED) is 0.830. The summed E-state index contributed by atoms with van der Waals surface area (Å²) in [5.41, 5.74) is 4.89. The van der Waals surface area contributed by atoms with Crippen LogP contribution in [0.2, 0.25) is 0 Å². The lowest BCUT2D eigenvalue weighted by molar-refractivity contribution is 0.376. The van der Waals surface area contributed by atoms with Gasteiger partial charge in [-0.25, -0.2) is 4.98 Å². The largest absolute Gasteiger partial charge is 0.493 e. The number of para-hydroxylation sites is 2. The molecule has 0 radical (unpaired) electrons.